The number of rotatable bonds is 8. The Hall–Kier alpha value is -2.73. The summed E-state index contributed by atoms with van der Waals surface area (Å²) in [5.41, 5.74) is 2.15. The van der Waals surface area contributed by atoms with Crippen LogP contribution < -0.4 is 10.1 Å². The van der Waals surface area contributed by atoms with Gasteiger partial charge >= 0.3 is 0 Å². The van der Waals surface area contributed by atoms with Crippen LogP contribution in [0.3, 0.4) is 0 Å². The molecule has 2 aromatic heterocycles. The molecule has 0 spiro atoms. The maximum atomic E-state index is 12.2. The zero-order chi connectivity index (χ0) is 21.7. The van der Waals surface area contributed by atoms with Crippen LogP contribution in [0.1, 0.15) is 54.8 Å². The lowest BCUT2D eigenvalue weighted by molar-refractivity contribution is 0.0920. The average Bonchev–Trinajstić information content (AvgIpc) is 3.30. The summed E-state index contributed by atoms with van der Waals surface area (Å²) in [6.07, 6.45) is 2.53. The maximum absolute atomic E-state index is 12.2. The molecule has 2 heterocycles. The number of hydrogen-bond donors (Lipinski definition) is 1. The van der Waals surface area contributed by atoms with E-state index in [0.29, 0.717) is 23.9 Å². The second-order valence-corrected chi connectivity index (χ2v) is 8.67. The van der Waals surface area contributed by atoms with Gasteiger partial charge in [0.25, 0.3) is 5.91 Å². The number of benzene rings is 1. The third-order valence-corrected chi connectivity index (χ3v) is 5.09. The monoisotopic (exact) mass is 429 g/mol. The van der Waals surface area contributed by atoms with Crippen LogP contribution in [0, 0.1) is 6.92 Å². The van der Waals surface area contributed by atoms with Gasteiger partial charge in [-0.25, -0.2) is 0 Å². The molecule has 0 bridgehead atoms. The molecular weight excluding hydrogens is 402 g/mol. The van der Waals surface area contributed by atoms with Gasteiger partial charge in [-0.3, -0.25) is 9.48 Å². The standard InChI is InChI=1S/C23H28ClN3O3/c1-16-20(24)14-27(26-16)13-5-12-25-22(28)21-11-10-19(30-21)15-29-18-8-6-17(7-9-18)23(2,3)4/h6-11,14H,5,12-13,15H2,1-4H3,(H,25,28). The molecule has 3 aromatic rings. The summed E-state index contributed by atoms with van der Waals surface area (Å²) in [6.45, 7) is 9.84. The van der Waals surface area contributed by atoms with Gasteiger partial charge in [0.05, 0.1) is 10.7 Å². The minimum atomic E-state index is -0.245. The van der Waals surface area contributed by atoms with Crippen LogP contribution in [-0.2, 0) is 18.6 Å². The first-order valence-electron chi connectivity index (χ1n) is 10.0. The van der Waals surface area contributed by atoms with Crippen molar-refractivity contribution in [3.63, 3.8) is 0 Å². The van der Waals surface area contributed by atoms with Crippen molar-refractivity contribution >= 4 is 17.5 Å². The van der Waals surface area contributed by atoms with Gasteiger partial charge in [0, 0.05) is 19.3 Å². The Morgan fingerprint density at radius 3 is 2.57 bits per heavy atom. The van der Waals surface area contributed by atoms with E-state index in [1.165, 1.54) is 5.56 Å². The van der Waals surface area contributed by atoms with Crippen molar-refractivity contribution < 1.29 is 13.9 Å². The number of furan rings is 1. The summed E-state index contributed by atoms with van der Waals surface area (Å²) < 4.78 is 13.2. The first-order valence-corrected chi connectivity index (χ1v) is 10.4. The van der Waals surface area contributed by atoms with Crippen LogP contribution in [-0.4, -0.2) is 22.2 Å². The average molecular weight is 430 g/mol. The zero-order valence-corrected chi connectivity index (χ0v) is 18.6. The predicted octanol–water partition coefficient (Wildman–Crippen LogP) is 5.13. The highest BCUT2D eigenvalue weighted by Crippen LogP contribution is 2.24. The normalized spacial score (nSPS) is 11.5. The van der Waals surface area contributed by atoms with Gasteiger partial charge in [-0.2, -0.15) is 5.10 Å². The molecule has 160 valence electrons. The molecule has 6 nitrogen and oxygen atoms in total. The van der Waals surface area contributed by atoms with E-state index in [9.17, 15) is 4.79 Å². The van der Waals surface area contributed by atoms with E-state index < -0.39 is 0 Å². The van der Waals surface area contributed by atoms with E-state index in [1.54, 1.807) is 23.0 Å². The highest BCUT2D eigenvalue weighted by Gasteiger charge is 2.14. The third-order valence-electron chi connectivity index (χ3n) is 4.72. The number of aryl methyl sites for hydroxylation is 2. The van der Waals surface area contributed by atoms with Crippen molar-refractivity contribution in [1.29, 1.82) is 0 Å². The summed E-state index contributed by atoms with van der Waals surface area (Å²) in [6, 6.07) is 11.4. The highest BCUT2D eigenvalue weighted by molar-refractivity contribution is 6.31. The molecule has 7 heteroatoms. The molecule has 0 aliphatic rings. The third kappa shape index (κ3) is 5.89. The van der Waals surface area contributed by atoms with Gasteiger partial charge < -0.3 is 14.5 Å². The minimum absolute atomic E-state index is 0.103. The maximum Gasteiger partial charge on any atom is 0.286 e. The van der Waals surface area contributed by atoms with Gasteiger partial charge in [-0.05, 0) is 48.6 Å². The van der Waals surface area contributed by atoms with Crippen molar-refractivity contribution in [1.82, 2.24) is 15.1 Å². The van der Waals surface area contributed by atoms with Gasteiger partial charge in [0.15, 0.2) is 5.76 Å². The number of aromatic nitrogens is 2. The largest absolute Gasteiger partial charge is 0.486 e. The first kappa shape index (κ1) is 22.0. The van der Waals surface area contributed by atoms with Crippen LogP contribution in [0.5, 0.6) is 5.75 Å². The first-order chi connectivity index (χ1) is 14.2. The molecule has 1 amide bonds. The molecule has 0 atom stereocenters. The van der Waals surface area contributed by atoms with E-state index in [0.717, 1.165) is 17.9 Å². The lowest BCUT2D eigenvalue weighted by atomic mass is 9.87. The summed E-state index contributed by atoms with van der Waals surface area (Å²) in [4.78, 5) is 12.2. The summed E-state index contributed by atoms with van der Waals surface area (Å²) in [5.74, 6) is 1.39. The van der Waals surface area contributed by atoms with Crippen molar-refractivity contribution in [3.8, 4) is 5.75 Å². The molecule has 0 radical (unpaired) electrons. The Bertz CT molecular complexity index is 965. The second kappa shape index (κ2) is 9.39. The number of carbonyl (C=O) groups is 1. The minimum Gasteiger partial charge on any atom is -0.486 e. The number of halogens is 1. The van der Waals surface area contributed by atoms with E-state index >= 15 is 0 Å². The SMILES string of the molecule is Cc1nn(CCCNC(=O)c2ccc(COc3ccc(C(C)(C)C)cc3)o2)cc1Cl. The summed E-state index contributed by atoms with van der Waals surface area (Å²) in [5, 5.41) is 7.79. The quantitative estimate of drug-likeness (QED) is 0.503. The smallest absolute Gasteiger partial charge is 0.286 e. The lowest BCUT2D eigenvalue weighted by Gasteiger charge is -2.19. The van der Waals surface area contributed by atoms with Crippen molar-refractivity contribution in [2.45, 2.75) is 52.7 Å². The van der Waals surface area contributed by atoms with Gasteiger partial charge in [-0.15, -0.1) is 0 Å². The van der Waals surface area contributed by atoms with Gasteiger partial charge in [0.2, 0.25) is 0 Å². The van der Waals surface area contributed by atoms with E-state index in [-0.39, 0.29) is 23.7 Å². The fourth-order valence-electron chi connectivity index (χ4n) is 2.92. The number of nitrogens with one attached hydrogen (secondary N) is 1. The van der Waals surface area contributed by atoms with Crippen LogP contribution in [0.2, 0.25) is 5.02 Å². The van der Waals surface area contributed by atoms with E-state index in [1.807, 2.05) is 19.1 Å². The Morgan fingerprint density at radius 2 is 1.93 bits per heavy atom. The Balaban J connectivity index is 1.43. The Labute approximate surface area is 182 Å². The van der Waals surface area contributed by atoms with Gasteiger partial charge in [0.1, 0.15) is 18.1 Å². The second-order valence-electron chi connectivity index (χ2n) is 8.26. The highest BCUT2D eigenvalue weighted by atomic mass is 35.5. The van der Waals surface area contributed by atoms with Crippen LogP contribution in [0.15, 0.2) is 47.0 Å². The molecule has 1 aromatic carbocycles. The van der Waals surface area contributed by atoms with Crippen molar-refractivity contribution in [2.24, 2.45) is 0 Å². The summed E-state index contributed by atoms with van der Waals surface area (Å²) in [7, 11) is 0. The Morgan fingerprint density at radius 1 is 1.20 bits per heavy atom. The molecular formula is C23H28ClN3O3. The molecule has 1 N–H and O–H groups in total. The fourth-order valence-corrected chi connectivity index (χ4v) is 3.07. The molecule has 0 aliphatic heterocycles. The number of carbonyl (C=O) groups excluding carboxylic acids is 1. The number of ether oxygens (including phenoxy) is 1. The molecule has 30 heavy (non-hydrogen) atoms. The molecule has 0 saturated heterocycles. The molecule has 0 saturated carbocycles. The van der Waals surface area contributed by atoms with E-state index in [4.69, 9.17) is 20.8 Å². The molecule has 0 unspecified atom stereocenters. The van der Waals surface area contributed by atoms with Gasteiger partial charge in [-0.1, -0.05) is 44.5 Å². The number of amides is 1. The predicted molar refractivity (Wildman–Crippen MR) is 117 cm³/mol. The summed E-state index contributed by atoms with van der Waals surface area (Å²) >= 11 is 5.99. The molecule has 3 rings (SSSR count). The molecule has 0 fully saturated rings. The zero-order valence-electron chi connectivity index (χ0n) is 17.9. The van der Waals surface area contributed by atoms with Crippen LogP contribution in [0.25, 0.3) is 0 Å². The van der Waals surface area contributed by atoms with Crippen molar-refractivity contribution in [3.05, 3.63) is 70.4 Å². The Kier molecular flexibility index (Phi) is 6.87. The number of nitrogens with zero attached hydrogens (tertiary/aromatic N) is 2. The fraction of sp³-hybridized carbons (Fsp3) is 0.391. The van der Waals surface area contributed by atoms with Crippen LogP contribution in [0.4, 0.5) is 0 Å². The van der Waals surface area contributed by atoms with Crippen molar-refractivity contribution in [2.75, 3.05) is 6.54 Å². The molecule has 0 aliphatic carbocycles. The lowest BCUT2D eigenvalue weighted by Crippen LogP contribution is -2.24. The van der Waals surface area contributed by atoms with Crippen LogP contribution >= 0.6 is 11.6 Å². The van der Waals surface area contributed by atoms with E-state index in [2.05, 4.69) is 43.3 Å². The number of hydrogen-bond acceptors (Lipinski definition) is 4. The topological polar surface area (TPSA) is 69.3 Å².